The molecule has 7 nitrogen and oxygen atoms in total. The lowest BCUT2D eigenvalue weighted by atomic mass is 10.1. The maximum Gasteiger partial charge on any atom is 0.326 e. The zero-order valence-corrected chi connectivity index (χ0v) is 16.8. The Morgan fingerprint density at radius 3 is 2.18 bits per heavy atom. The number of rotatable bonds is 8. The molecule has 0 saturated heterocycles. The van der Waals surface area contributed by atoms with Gasteiger partial charge in [-0.15, -0.1) is 0 Å². The molecular formula is C20H22ClNO6. The number of carbonyl (C=O) groups is 2. The van der Waals surface area contributed by atoms with Crippen molar-refractivity contribution >= 4 is 23.5 Å². The number of hydrogen-bond acceptors (Lipinski definition) is 6. The Morgan fingerprint density at radius 2 is 1.64 bits per heavy atom. The molecule has 28 heavy (non-hydrogen) atoms. The second-order valence-electron chi connectivity index (χ2n) is 5.75. The van der Waals surface area contributed by atoms with Gasteiger partial charge in [0.25, 0.3) is 5.91 Å². The Bertz CT molecular complexity index is 829. The minimum Gasteiger partial charge on any atom is -0.493 e. The first-order valence-corrected chi connectivity index (χ1v) is 8.81. The van der Waals surface area contributed by atoms with E-state index in [1.165, 1.54) is 33.5 Å². The first kappa shape index (κ1) is 21.4. The van der Waals surface area contributed by atoms with Crippen molar-refractivity contribution in [2.75, 3.05) is 27.9 Å². The molecule has 0 radical (unpaired) electrons. The fourth-order valence-electron chi connectivity index (χ4n) is 2.57. The third kappa shape index (κ3) is 5.07. The smallest absolute Gasteiger partial charge is 0.326 e. The number of esters is 1. The lowest BCUT2D eigenvalue weighted by Gasteiger charge is -2.16. The van der Waals surface area contributed by atoms with Gasteiger partial charge < -0.3 is 24.3 Å². The van der Waals surface area contributed by atoms with Crippen LogP contribution in [0.15, 0.2) is 36.4 Å². The fourth-order valence-corrected chi connectivity index (χ4v) is 2.86. The van der Waals surface area contributed by atoms with Crippen LogP contribution in [0.2, 0.25) is 5.02 Å². The van der Waals surface area contributed by atoms with E-state index in [4.69, 9.17) is 30.5 Å². The van der Waals surface area contributed by atoms with E-state index in [-0.39, 0.29) is 12.1 Å². The van der Waals surface area contributed by atoms with E-state index in [0.29, 0.717) is 27.8 Å². The molecule has 150 valence electrons. The maximum atomic E-state index is 12.4. The summed E-state index contributed by atoms with van der Waals surface area (Å²) in [5.41, 5.74) is 0.940. The number of benzene rings is 2. The van der Waals surface area contributed by atoms with E-state index in [1.807, 2.05) is 0 Å². The quantitative estimate of drug-likeness (QED) is 0.675. The van der Waals surface area contributed by atoms with Crippen LogP contribution in [0.4, 0.5) is 0 Å². The van der Waals surface area contributed by atoms with Gasteiger partial charge in [-0.1, -0.05) is 29.8 Å². The van der Waals surface area contributed by atoms with Crippen LogP contribution in [0.5, 0.6) is 17.2 Å². The molecule has 0 heterocycles. The number of ether oxygens (including phenoxy) is 4. The molecule has 1 atom stereocenters. The van der Waals surface area contributed by atoms with Crippen molar-refractivity contribution in [2.24, 2.45) is 0 Å². The van der Waals surface area contributed by atoms with Crippen molar-refractivity contribution in [3.05, 3.63) is 52.5 Å². The van der Waals surface area contributed by atoms with E-state index in [2.05, 4.69) is 5.32 Å². The van der Waals surface area contributed by atoms with Gasteiger partial charge in [0.05, 0.1) is 21.3 Å². The lowest BCUT2D eigenvalue weighted by Crippen LogP contribution is -2.31. The Labute approximate surface area is 168 Å². The highest BCUT2D eigenvalue weighted by Gasteiger charge is 2.19. The molecule has 0 aliphatic carbocycles. The van der Waals surface area contributed by atoms with E-state index < -0.39 is 18.0 Å². The third-order valence-corrected chi connectivity index (χ3v) is 4.32. The van der Waals surface area contributed by atoms with Gasteiger partial charge in [-0.2, -0.15) is 0 Å². The Hall–Kier alpha value is -2.93. The number of halogens is 1. The first-order valence-electron chi connectivity index (χ1n) is 8.43. The SMILES string of the molecule is COc1cc(C(=O)NCC(=O)O[C@@H](C)c2ccccc2Cl)cc(OC)c1OC. The van der Waals surface area contributed by atoms with Crippen LogP contribution in [-0.4, -0.2) is 39.8 Å². The molecule has 0 aliphatic heterocycles. The summed E-state index contributed by atoms with van der Waals surface area (Å²) in [5, 5.41) is 3.02. The normalized spacial score (nSPS) is 11.3. The van der Waals surface area contributed by atoms with Gasteiger partial charge in [0.15, 0.2) is 11.5 Å². The number of hydrogen-bond donors (Lipinski definition) is 1. The average Bonchev–Trinajstić information content (AvgIpc) is 2.70. The molecule has 0 aromatic heterocycles. The summed E-state index contributed by atoms with van der Waals surface area (Å²) >= 11 is 6.10. The number of amides is 1. The van der Waals surface area contributed by atoms with Crippen molar-refractivity contribution < 1.29 is 28.5 Å². The molecule has 0 spiro atoms. The van der Waals surface area contributed by atoms with Gasteiger partial charge >= 0.3 is 5.97 Å². The van der Waals surface area contributed by atoms with Crippen molar-refractivity contribution in [3.8, 4) is 17.2 Å². The summed E-state index contributed by atoms with van der Waals surface area (Å²) in [4.78, 5) is 24.5. The topological polar surface area (TPSA) is 83.1 Å². The highest BCUT2D eigenvalue weighted by atomic mass is 35.5. The summed E-state index contributed by atoms with van der Waals surface area (Å²) in [6.07, 6.45) is -0.542. The number of methoxy groups -OCH3 is 3. The van der Waals surface area contributed by atoms with Gasteiger partial charge in [0.1, 0.15) is 12.6 Å². The van der Waals surface area contributed by atoms with Crippen LogP contribution in [-0.2, 0) is 9.53 Å². The number of carbonyl (C=O) groups excluding carboxylic acids is 2. The summed E-state index contributed by atoms with van der Waals surface area (Å²) < 4.78 is 21.0. The summed E-state index contributed by atoms with van der Waals surface area (Å²) in [7, 11) is 4.37. The van der Waals surface area contributed by atoms with Crippen LogP contribution in [0, 0.1) is 0 Å². The van der Waals surface area contributed by atoms with Crippen LogP contribution in [0.1, 0.15) is 28.9 Å². The minimum atomic E-state index is -0.590. The predicted molar refractivity (Wildman–Crippen MR) is 104 cm³/mol. The molecule has 1 N–H and O–H groups in total. The first-order chi connectivity index (χ1) is 13.4. The largest absolute Gasteiger partial charge is 0.493 e. The zero-order valence-electron chi connectivity index (χ0n) is 16.1. The third-order valence-electron chi connectivity index (χ3n) is 3.97. The molecule has 0 bridgehead atoms. The second kappa shape index (κ2) is 9.85. The molecule has 0 fully saturated rings. The molecule has 0 saturated carbocycles. The predicted octanol–water partition coefficient (Wildman–Crippen LogP) is 3.40. The van der Waals surface area contributed by atoms with Crippen molar-refractivity contribution in [1.82, 2.24) is 5.32 Å². The van der Waals surface area contributed by atoms with Gasteiger partial charge in [-0.25, -0.2) is 0 Å². The molecule has 8 heteroatoms. The van der Waals surface area contributed by atoms with E-state index in [1.54, 1.807) is 31.2 Å². The van der Waals surface area contributed by atoms with Crippen molar-refractivity contribution in [2.45, 2.75) is 13.0 Å². The molecule has 2 aromatic rings. The van der Waals surface area contributed by atoms with Crippen LogP contribution in [0.3, 0.4) is 0 Å². The van der Waals surface area contributed by atoms with E-state index >= 15 is 0 Å². The molecule has 2 aromatic carbocycles. The van der Waals surface area contributed by atoms with Crippen LogP contribution < -0.4 is 19.5 Å². The molecular weight excluding hydrogens is 386 g/mol. The van der Waals surface area contributed by atoms with Gasteiger partial charge in [0, 0.05) is 16.1 Å². The highest BCUT2D eigenvalue weighted by molar-refractivity contribution is 6.31. The minimum absolute atomic E-state index is 0.251. The standard InChI is InChI=1S/C20H22ClNO6/c1-12(14-7-5-6-8-15(14)21)28-18(23)11-22-20(24)13-9-16(25-2)19(27-4)17(10-13)26-3/h5-10,12H,11H2,1-4H3,(H,22,24)/t12-/m0/s1. The average molecular weight is 408 g/mol. The molecule has 2 rings (SSSR count). The van der Waals surface area contributed by atoms with Crippen LogP contribution >= 0.6 is 11.6 Å². The summed E-state index contributed by atoms with van der Waals surface area (Å²) in [6.45, 7) is 1.41. The van der Waals surface area contributed by atoms with Gasteiger partial charge in [-0.05, 0) is 25.1 Å². The number of nitrogens with one attached hydrogen (secondary N) is 1. The maximum absolute atomic E-state index is 12.4. The second-order valence-corrected chi connectivity index (χ2v) is 6.16. The Kier molecular flexibility index (Phi) is 7.52. The molecule has 0 unspecified atom stereocenters. The van der Waals surface area contributed by atoms with Crippen molar-refractivity contribution in [1.29, 1.82) is 0 Å². The molecule has 0 aliphatic rings. The van der Waals surface area contributed by atoms with E-state index in [9.17, 15) is 9.59 Å². The Morgan fingerprint density at radius 1 is 1.04 bits per heavy atom. The van der Waals surface area contributed by atoms with Gasteiger partial charge in [-0.3, -0.25) is 9.59 Å². The Balaban J connectivity index is 2.01. The zero-order chi connectivity index (χ0) is 20.7. The highest BCUT2D eigenvalue weighted by Crippen LogP contribution is 2.38. The summed E-state index contributed by atoms with van der Waals surface area (Å²) in [6, 6.07) is 10.1. The fraction of sp³-hybridized carbons (Fsp3) is 0.300. The van der Waals surface area contributed by atoms with Crippen LogP contribution in [0.25, 0.3) is 0 Å². The monoisotopic (exact) mass is 407 g/mol. The molecule has 1 amide bonds. The van der Waals surface area contributed by atoms with Gasteiger partial charge in [0.2, 0.25) is 5.75 Å². The summed E-state index contributed by atoms with van der Waals surface area (Å²) in [5.74, 6) is -0.0341. The lowest BCUT2D eigenvalue weighted by molar-refractivity contribution is -0.147. The van der Waals surface area contributed by atoms with E-state index in [0.717, 1.165) is 0 Å². The van der Waals surface area contributed by atoms with Crippen molar-refractivity contribution in [3.63, 3.8) is 0 Å².